The lowest BCUT2D eigenvalue weighted by Gasteiger charge is -2.08. The Balaban J connectivity index is 1.56. The normalized spacial score (nSPS) is 10.7. The highest BCUT2D eigenvalue weighted by molar-refractivity contribution is 7.13. The first-order valence-electron chi connectivity index (χ1n) is 7.43. The first-order chi connectivity index (χ1) is 11.8. The lowest BCUT2D eigenvalue weighted by molar-refractivity contribution is 0.483. The summed E-state index contributed by atoms with van der Waals surface area (Å²) in [6.07, 6.45) is 5.32. The van der Waals surface area contributed by atoms with Crippen molar-refractivity contribution in [2.24, 2.45) is 0 Å². The Morgan fingerprint density at radius 2 is 1.92 bits per heavy atom. The average Bonchev–Trinajstić information content (AvgIpc) is 3.00. The summed E-state index contributed by atoms with van der Waals surface area (Å²) in [5, 5.41) is 8.17. The van der Waals surface area contributed by atoms with Crippen molar-refractivity contribution in [3.63, 3.8) is 0 Å². The second-order valence-electron chi connectivity index (χ2n) is 5.28. The maximum atomic E-state index is 5.95. The molecule has 0 atom stereocenters. The van der Waals surface area contributed by atoms with Crippen molar-refractivity contribution < 1.29 is 4.74 Å². The molecule has 24 heavy (non-hydrogen) atoms. The van der Waals surface area contributed by atoms with Crippen LogP contribution in [-0.4, -0.2) is 15.0 Å². The van der Waals surface area contributed by atoms with Crippen LogP contribution in [0.3, 0.4) is 0 Å². The predicted octanol–water partition coefficient (Wildman–Crippen LogP) is 4.93. The number of aromatic nitrogens is 3. The summed E-state index contributed by atoms with van der Waals surface area (Å²) < 4.78 is 5.95. The molecular weight excluding hydrogens is 320 g/mol. The molecule has 0 saturated heterocycles. The Bertz CT molecular complexity index is 999. The number of rotatable bonds is 4. The van der Waals surface area contributed by atoms with Gasteiger partial charge in [0.2, 0.25) is 0 Å². The van der Waals surface area contributed by atoms with Crippen molar-refractivity contribution in [3.8, 4) is 11.5 Å². The molecule has 3 heterocycles. The van der Waals surface area contributed by atoms with Gasteiger partial charge in [-0.25, -0.2) is 9.97 Å². The number of nitrogens with one attached hydrogen (secondary N) is 1. The highest BCUT2D eigenvalue weighted by Gasteiger charge is 2.04. The van der Waals surface area contributed by atoms with E-state index in [9.17, 15) is 0 Å². The minimum absolute atomic E-state index is 0.698. The van der Waals surface area contributed by atoms with Crippen LogP contribution in [0.15, 0.2) is 60.4 Å². The number of thiazole rings is 1. The fourth-order valence-electron chi connectivity index (χ4n) is 2.33. The lowest BCUT2D eigenvalue weighted by atomic mass is 10.2. The molecule has 0 saturated carbocycles. The van der Waals surface area contributed by atoms with Gasteiger partial charge in [0, 0.05) is 35.4 Å². The fraction of sp³-hybridized carbons (Fsp3) is 0.0556. The van der Waals surface area contributed by atoms with Crippen molar-refractivity contribution in [3.05, 3.63) is 66.1 Å². The van der Waals surface area contributed by atoms with E-state index in [0.717, 1.165) is 27.3 Å². The second-order valence-corrected chi connectivity index (χ2v) is 6.14. The Morgan fingerprint density at radius 3 is 2.79 bits per heavy atom. The number of fused-ring (bicyclic) bond motifs is 1. The van der Waals surface area contributed by atoms with Crippen LogP contribution in [0.2, 0.25) is 0 Å². The highest BCUT2D eigenvalue weighted by atomic mass is 32.1. The zero-order valence-corrected chi connectivity index (χ0v) is 13.7. The summed E-state index contributed by atoms with van der Waals surface area (Å²) in [7, 11) is 0. The zero-order chi connectivity index (χ0) is 16.4. The number of hydrogen-bond donors (Lipinski definition) is 1. The van der Waals surface area contributed by atoms with Crippen LogP contribution in [0, 0.1) is 6.92 Å². The molecule has 0 unspecified atom stereocenters. The van der Waals surface area contributed by atoms with Gasteiger partial charge in [-0.3, -0.25) is 4.98 Å². The van der Waals surface area contributed by atoms with Gasteiger partial charge in [-0.2, -0.15) is 0 Å². The average molecular weight is 334 g/mol. The smallest absolute Gasteiger partial charge is 0.188 e. The molecule has 1 aromatic carbocycles. The standard InChI is InChI=1S/C18H14N4OS/c1-12-11-24-18(21-12)22-17-9-16(5-7-20-17)23-15-3-2-13-4-6-19-10-14(13)8-15/h2-11H,1H3,(H,20,21,22). The van der Waals surface area contributed by atoms with E-state index in [1.807, 2.05) is 54.9 Å². The van der Waals surface area contributed by atoms with Gasteiger partial charge in [0.05, 0.1) is 5.69 Å². The number of benzene rings is 1. The molecule has 5 nitrogen and oxygen atoms in total. The molecule has 0 fully saturated rings. The predicted molar refractivity (Wildman–Crippen MR) is 96.2 cm³/mol. The van der Waals surface area contributed by atoms with Crippen molar-refractivity contribution in [1.29, 1.82) is 0 Å². The molecule has 0 radical (unpaired) electrons. The van der Waals surface area contributed by atoms with Crippen LogP contribution in [0.5, 0.6) is 11.5 Å². The molecule has 0 aliphatic rings. The Morgan fingerprint density at radius 1 is 1.00 bits per heavy atom. The molecule has 1 N–H and O–H groups in total. The lowest BCUT2D eigenvalue weighted by Crippen LogP contribution is -1.94. The molecule has 118 valence electrons. The number of aryl methyl sites for hydroxylation is 1. The minimum atomic E-state index is 0.698. The molecule has 4 aromatic rings. The summed E-state index contributed by atoms with van der Waals surface area (Å²) in [4.78, 5) is 12.8. The third-order valence-corrected chi connectivity index (χ3v) is 4.31. The summed E-state index contributed by atoms with van der Waals surface area (Å²) in [5.74, 6) is 2.17. The van der Waals surface area contributed by atoms with Crippen LogP contribution in [0.1, 0.15) is 5.69 Å². The van der Waals surface area contributed by atoms with Crippen LogP contribution >= 0.6 is 11.3 Å². The molecule has 0 aliphatic carbocycles. The number of hydrogen-bond acceptors (Lipinski definition) is 6. The monoisotopic (exact) mass is 334 g/mol. The van der Waals surface area contributed by atoms with Gasteiger partial charge in [-0.1, -0.05) is 6.07 Å². The first kappa shape index (κ1) is 14.6. The molecule has 6 heteroatoms. The van der Waals surface area contributed by atoms with Gasteiger partial charge in [0.25, 0.3) is 0 Å². The van der Waals surface area contributed by atoms with E-state index in [-0.39, 0.29) is 0 Å². The van der Waals surface area contributed by atoms with Gasteiger partial charge in [0.15, 0.2) is 5.13 Å². The van der Waals surface area contributed by atoms with Crippen molar-refractivity contribution in [2.75, 3.05) is 5.32 Å². The number of nitrogens with zero attached hydrogens (tertiary/aromatic N) is 3. The number of ether oxygens (including phenoxy) is 1. The van der Waals surface area contributed by atoms with E-state index in [4.69, 9.17) is 4.74 Å². The molecule has 0 spiro atoms. The fourth-order valence-corrected chi connectivity index (χ4v) is 3.02. The van der Waals surface area contributed by atoms with E-state index >= 15 is 0 Å². The third-order valence-electron chi connectivity index (χ3n) is 3.43. The van der Waals surface area contributed by atoms with E-state index in [1.54, 1.807) is 23.7 Å². The maximum Gasteiger partial charge on any atom is 0.188 e. The van der Waals surface area contributed by atoms with Crippen LogP contribution in [-0.2, 0) is 0 Å². The van der Waals surface area contributed by atoms with E-state index < -0.39 is 0 Å². The molecule has 0 bridgehead atoms. The summed E-state index contributed by atoms with van der Waals surface area (Å²) in [5.41, 5.74) is 0.986. The highest BCUT2D eigenvalue weighted by Crippen LogP contribution is 2.27. The Labute approximate surface area is 143 Å². The molecular formula is C18H14N4OS. The van der Waals surface area contributed by atoms with Gasteiger partial charge < -0.3 is 10.1 Å². The Kier molecular flexibility index (Phi) is 3.80. The summed E-state index contributed by atoms with van der Waals surface area (Å²) in [6, 6.07) is 11.6. The summed E-state index contributed by atoms with van der Waals surface area (Å²) in [6.45, 7) is 1.96. The number of anilines is 2. The SMILES string of the molecule is Cc1csc(Nc2cc(Oc3ccc4ccncc4c3)ccn2)n1. The van der Waals surface area contributed by atoms with Crippen molar-refractivity contribution in [1.82, 2.24) is 15.0 Å². The maximum absolute atomic E-state index is 5.95. The van der Waals surface area contributed by atoms with E-state index in [2.05, 4.69) is 20.3 Å². The largest absolute Gasteiger partial charge is 0.457 e. The van der Waals surface area contributed by atoms with Crippen LogP contribution < -0.4 is 10.1 Å². The quantitative estimate of drug-likeness (QED) is 0.573. The zero-order valence-electron chi connectivity index (χ0n) is 12.9. The van der Waals surface area contributed by atoms with Gasteiger partial charge in [-0.05, 0) is 36.6 Å². The number of pyridine rings is 2. The summed E-state index contributed by atoms with van der Waals surface area (Å²) >= 11 is 1.55. The molecule has 0 amide bonds. The van der Waals surface area contributed by atoms with Crippen molar-refractivity contribution in [2.45, 2.75) is 6.92 Å². The van der Waals surface area contributed by atoms with Crippen LogP contribution in [0.25, 0.3) is 10.8 Å². The van der Waals surface area contributed by atoms with Gasteiger partial charge >= 0.3 is 0 Å². The minimum Gasteiger partial charge on any atom is -0.457 e. The Hall–Kier alpha value is -2.99. The third kappa shape index (κ3) is 3.18. The van der Waals surface area contributed by atoms with Crippen molar-refractivity contribution >= 4 is 33.1 Å². The molecule has 0 aliphatic heterocycles. The second kappa shape index (κ2) is 6.25. The molecule has 3 aromatic heterocycles. The van der Waals surface area contributed by atoms with Gasteiger partial charge in [-0.15, -0.1) is 11.3 Å². The topological polar surface area (TPSA) is 59.9 Å². The first-order valence-corrected chi connectivity index (χ1v) is 8.31. The van der Waals surface area contributed by atoms with Gasteiger partial charge in [0.1, 0.15) is 17.3 Å². The van der Waals surface area contributed by atoms with E-state index in [1.165, 1.54) is 0 Å². The van der Waals surface area contributed by atoms with Crippen LogP contribution in [0.4, 0.5) is 10.9 Å². The molecule has 4 rings (SSSR count). The van der Waals surface area contributed by atoms with E-state index in [0.29, 0.717) is 11.6 Å².